The van der Waals surface area contributed by atoms with Gasteiger partial charge in [0.05, 0.1) is 0 Å². The number of aromatic nitrogens is 3. The van der Waals surface area contributed by atoms with E-state index in [1.54, 1.807) is 21.0 Å². The summed E-state index contributed by atoms with van der Waals surface area (Å²) in [5.41, 5.74) is -6.21. The number of hydrogen-bond acceptors (Lipinski definition) is 8. The molecule has 0 bridgehead atoms. The third kappa shape index (κ3) is 5.44. The van der Waals surface area contributed by atoms with E-state index in [0.29, 0.717) is 11.5 Å². The lowest BCUT2D eigenvalue weighted by Crippen LogP contribution is -2.27. The third-order valence-corrected chi connectivity index (χ3v) is 4.71. The lowest BCUT2D eigenvalue weighted by Gasteiger charge is -2.16. The van der Waals surface area contributed by atoms with Crippen LogP contribution >= 0.6 is 0 Å². The summed E-state index contributed by atoms with van der Waals surface area (Å²) in [7, 11) is -1.11. The Labute approximate surface area is 162 Å². The van der Waals surface area contributed by atoms with Gasteiger partial charge in [0.25, 0.3) is 16.0 Å². The zero-order chi connectivity index (χ0) is 22.0. The number of hydrogen-bond donors (Lipinski definition) is 0. The number of alkyl halides is 5. The molecule has 1 unspecified atom stereocenters. The summed E-state index contributed by atoms with van der Waals surface area (Å²) < 4.78 is 83.9. The average molecular weight is 441 g/mol. The summed E-state index contributed by atoms with van der Waals surface area (Å²) in [6.45, 7) is -2.37. The minimum atomic E-state index is -5.79. The monoisotopic (exact) mass is 441 g/mol. The first-order chi connectivity index (χ1) is 13.3. The van der Waals surface area contributed by atoms with Gasteiger partial charge in [0, 0.05) is 26.8 Å². The smallest absolute Gasteiger partial charge is 0.378 e. The van der Waals surface area contributed by atoms with Gasteiger partial charge in [-0.15, -0.1) is 10.2 Å². The number of azo groups is 1. The van der Waals surface area contributed by atoms with Crippen molar-refractivity contribution in [3.63, 3.8) is 0 Å². The second kappa shape index (κ2) is 8.36. The lowest BCUT2D eigenvalue weighted by atomic mass is 10.2. The minimum absolute atomic E-state index is 0.0329. The van der Waals surface area contributed by atoms with E-state index >= 15 is 0 Å². The van der Waals surface area contributed by atoms with Gasteiger partial charge in [-0.2, -0.15) is 36.4 Å². The van der Waals surface area contributed by atoms with Gasteiger partial charge in [-0.05, 0) is 25.1 Å². The van der Waals surface area contributed by atoms with Gasteiger partial charge in [0.2, 0.25) is 0 Å². The maximum Gasteiger partial charge on any atom is 0.504 e. The second-order valence-electron chi connectivity index (χ2n) is 5.72. The Morgan fingerprint density at radius 2 is 1.86 bits per heavy atom. The largest absolute Gasteiger partial charge is 0.504 e. The molecule has 0 saturated carbocycles. The molecule has 2 aromatic rings. The fraction of sp³-hybridized carbons (Fsp3) is 0.429. The molecule has 1 atom stereocenters. The van der Waals surface area contributed by atoms with Crippen LogP contribution in [0.25, 0.3) is 0 Å². The summed E-state index contributed by atoms with van der Waals surface area (Å²) in [5, 5.41) is 11.4. The number of halogens is 5. The van der Waals surface area contributed by atoms with Crippen LogP contribution < -0.4 is 4.90 Å². The molecule has 0 fully saturated rings. The van der Waals surface area contributed by atoms with Gasteiger partial charge >= 0.3 is 12.1 Å². The van der Waals surface area contributed by atoms with Gasteiger partial charge in [0.1, 0.15) is 17.2 Å². The molecule has 0 saturated heterocycles. The number of nitrogens with zero attached hydrogens (tertiary/aromatic N) is 7. The number of rotatable bonds is 6. The van der Waals surface area contributed by atoms with Crippen LogP contribution in [0.15, 0.2) is 32.8 Å². The predicted octanol–water partition coefficient (Wildman–Crippen LogP) is 4.38. The summed E-state index contributed by atoms with van der Waals surface area (Å²) >= 11 is 0. The van der Waals surface area contributed by atoms with Gasteiger partial charge in [-0.1, -0.05) is 0 Å². The highest BCUT2D eigenvalue weighted by Crippen LogP contribution is 2.38. The van der Waals surface area contributed by atoms with Crippen LogP contribution in [-0.2, 0) is 21.2 Å². The Kier molecular flexibility index (Phi) is 6.52. The summed E-state index contributed by atoms with van der Waals surface area (Å²) in [6, 6.07) is 3.79. The molecule has 160 valence electrons. The van der Waals surface area contributed by atoms with Crippen LogP contribution in [0.3, 0.4) is 0 Å². The van der Waals surface area contributed by atoms with Crippen LogP contribution in [0.2, 0.25) is 0 Å². The standard InChI is InChI=1S/C14H16F5N7O2S/c1-8-20-13(26(4)23-8)22-21-10-6-5-9(25(2)3)7-11(10)24-29(27,14(17,18)19)28-12(15)16/h5-7,12H,1-4H3. The molecule has 1 heterocycles. The molecule has 9 nitrogen and oxygen atoms in total. The van der Waals surface area contributed by atoms with E-state index in [1.807, 2.05) is 0 Å². The van der Waals surface area contributed by atoms with Crippen molar-refractivity contribution < 1.29 is 30.3 Å². The van der Waals surface area contributed by atoms with Crippen molar-refractivity contribution in [3.8, 4) is 0 Å². The molecule has 2 rings (SSSR count). The molecule has 0 aliphatic carbocycles. The van der Waals surface area contributed by atoms with E-state index in [-0.39, 0.29) is 11.6 Å². The van der Waals surface area contributed by atoms with E-state index in [2.05, 4.69) is 28.9 Å². The topological polar surface area (TPSA) is 97.3 Å². The molecule has 1 aromatic carbocycles. The Bertz CT molecular complexity index is 1030. The van der Waals surface area contributed by atoms with Crippen LogP contribution in [0.4, 0.5) is 45.0 Å². The first-order valence-corrected chi connectivity index (χ1v) is 9.17. The zero-order valence-corrected chi connectivity index (χ0v) is 16.4. The van der Waals surface area contributed by atoms with E-state index in [0.717, 1.165) is 6.07 Å². The summed E-state index contributed by atoms with van der Waals surface area (Å²) in [5.74, 6) is 0.408. The molecule has 29 heavy (non-hydrogen) atoms. The third-order valence-electron chi connectivity index (χ3n) is 3.28. The Morgan fingerprint density at radius 1 is 1.21 bits per heavy atom. The molecule has 0 radical (unpaired) electrons. The highest BCUT2D eigenvalue weighted by molar-refractivity contribution is 7.90. The Hall–Kier alpha value is -2.68. The van der Waals surface area contributed by atoms with E-state index in [1.165, 1.54) is 28.8 Å². The highest BCUT2D eigenvalue weighted by atomic mass is 32.2. The molecule has 0 aliphatic heterocycles. The van der Waals surface area contributed by atoms with E-state index in [4.69, 9.17) is 0 Å². The maximum absolute atomic E-state index is 13.1. The van der Waals surface area contributed by atoms with Crippen molar-refractivity contribution in [1.82, 2.24) is 14.8 Å². The molecule has 0 amide bonds. The summed E-state index contributed by atoms with van der Waals surface area (Å²) in [6.07, 6.45) is 0. The van der Waals surface area contributed by atoms with Crippen LogP contribution in [-0.4, -0.2) is 45.2 Å². The van der Waals surface area contributed by atoms with Crippen molar-refractivity contribution in [2.45, 2.75) is 19.0 Å². The predicted molar refractivity (Wildman–Crippen MR) is 94.1 cm³/mol. The fourth-order valence-corrected chi connectivity index (χ4v) is 2.85. The fourth-order valence-electron chi connectivity index (χ4n) is 1.99. The number of aryl methyl sites for hydroxylation is 2. The van der Waals surface area contributed by atoms with Crippen molar-refractivity contribution in [1.29, 1.82) is 0 Å². The minimum Gasteiger partial charge on any atom is -0.378 e. The summed E-state index contributed by atoms with van der Waals surface area (Å²) in [4.78, 5) is 5.46. The van der Waals surface area contributed by atoms with Crippen molar-refractivity contribution in [2.75, 3.05) is 19.0 Å². The first-order valence-electron chi connectivity index (χ1n) is 7.73. The van der Waals surface area contributed by atoms with Gasteiger partial charge < -0.3 is 4.90 Å². The molecule has 0 spiro atoms. The van der Waals surface area contributed by atoms with E-state index < -0.39 is 27.8 Å². The van der Waals surface area contributed by atoms with Crippen molar-refractivity contribution >= 4 is 33.0 Å². The Morgan fingerprint density at radius 3 is 2.34 bits per heavy atom. The normalized spacial score (nSPS) is 14.4. The molecule has 15 heteroatoms. The van der Waals surface area contributed by atoms with Crippen molar-refractivity contribution in [2.24, 2.45) is 21.6 Å². The lowest BCUT2D eigenvalue weighted by molar-refractivity contribution is -0.0856. The van der Waals surface area contributed by atoms with Gasteiger partial charge in [0.15, 0.2) is 0 Å². The second-order valence-corrected chi connectivity index (χ2v) is 7.51. The molecule has 0 N–H and O–H groups in total. The maximum atomic E-state index is 13.1. The van der Waals surface area contributed by atoms with E-state index in [9.17, 15) is 26.2 Å². The molecular formula is C14H16F5N7O2S. The average Bonchev–Trinajstić information content (AvgIpc) is 2.89. The number of benzene rings is 1. The quantitative estimate of drug-likeness (QED) is 0.490. The molecule has 1 aromatic heterocycles. The van der Waals surface area contributed by atoms with Gasteiger partial charge in [-0.3, -0.25) is 0 Å². The van der Waals surface area contributed by atoms with Crippen LogP contribution in [0.1, 0.15) is 5.82 Å². The van der Waals surface area contributed by atoms with Crippen LogP contribution in [0, 0.1) is 6.92 Å². The Balaban J connectivity index is 2.65. The first kappa shape index (κ1) is 22.6. The molecule has 0 aliphatic rings. The molecular weight excluding hydrogens is 425 g/mol. The van der Waals surface area contributed by atoms with Crippen LogP contribution in [0.5, 0.6) is 0 Å². The van der Waals surface area contributed by atoms with Crippen molar-refractivity contribution in [3.05, 3.63) is 24.0 Å². The van der Waals surface area contributed by atoms with Gasteiger partial charge in [-0.25, -0.2) is 13.1 Å². The SMILES string of the molecule is Cc1nc(N=Nc2ccc(N(C)C)cc2N=S(=O)(OC(F)F)C(F)(F)F)n(C)n1. The number of anilines is 1. The zero-order valence-electron chi connectivity index (χ0n) is 15.6. The highest BCUT2D eigenvalue weighted by Gasteiger charge is 2.47.